The number of methoxy groups -OCH3 is 1. The first kappa shape index (κ1) is 20.3. The van der Waals surface area contributed by atoms with Crippen LogP contribution in [0.3, 0.4) is 0 Å². The molecule has 0 spiro atoms. The van der Waals surface area contributed by atoms with E-state index in [0.717, 1.165) is 41.7 Å². The summed E-state index contributed by atoms with van der Waals surface area (Å²) in [5, 5.41) is 6.67. The molecular weight excluding hydrogens is 366 g/mol. The minimum absolute atomic E-state index is 0.547. The summed E-state index contributed by atoms with van der Waals surface area (Å²) in [6, 6.07) is 21.6. The van der Waals surface area contributed by atoms with Gasteiger partial charge in [-0.3, -0.25) is 0 Å². The third-order valence-corrected chi connectivity index (χ3v) is 4.23. The molecule has 152 valence electrons. The van der Waals surface area contributed by atoms with Crippen LogP contribution in [0.15, 0.2) is 82.4 Å². The predicted molar refractivity (Wildman–Crippen MR) is 114 cm³/mol. The highest BCUT2D eigenvalue weighted by Crippen LogP contribution is 2.12. The van der Waals surface area contributed by atoms with Gasteiger partial charge < -0.3 is 24.5 Å². The summed E-state index contributed by atoms with van der Waals surface area (Å²) in [5.74, 6) is 3.38. The Morgan fingerprint density at radius 1 is 0.897 bits per heavy atom. The van der Waals surface area contributed by atoms with Gasteiger partial charge in [0.2, 0.25) is 0 Å². The van der Waals surface area contributed by atoms with Crippen LogP contribution in [0.1, 0.15) is 11.3 Å². The first-order valence-corrected chi connectivity index (χ1v) is 9.69. The molecule has 0 aliphatic rings. The van der Waals surface area contributed by atoms with Crippen molar-refractivity contribution in [1.29, 1.82) is 0 Å². The average molecular weight is 393 g/mol. The van der Waals surface area contributed by atoms with E-state index < -0.39 is 0 Å². The van der Waals surface area contributed by atoms with Crippen molar-refractivity contribution in [3.05, 3.63) is 84.3 Å². The van der Waals surface area contributed by atoms with Crippen LogP contribution in [0.25, 0.3) is 0 Å². The Balaban J connectivity index is 1.51. The predicted octanol–water partition coefficient (Wildman–Crippen LogP) is 3.65. The Morgan fingerprint density at radius 2 is 1.69 bits per heavy atom. The van der Waals surface area contributed by atoms with Crippen LogP contribution < -0.4 is 20.1 Å². The maximum atomic E-state index is 5.73. The third-order valence-electron chi connectivity index (χ3n) is 4.23. The van der Waals surface area contributed by atoms with Crippen LogP contribution in [0, 0.1) is 0 Å². The number of guanidine groups is 1. The number of furan rings is 1. The summed E-state index contributed by atoms with van der Waals surface area (Å²) >= 11 is 0. The van der Waals surface area contributed by atoms with E-state index in [1.54, 1.807) is 13.4 Å². The minimum Gasteiger partial charge on any atom is -0.497 e. The molecule has 2 aromatic carbocycles. The van der Waals surface area contributed by atoms with Crippen molar-refractivity contribution in [2.45, 2.75) is 13.0 Å². The smallest absolute Gasteiger partial charge is 0.191 e. The number of ether oxygens (including phenoxy) is 2. The zero-order chi connectivity index (χ0) is 20.2. The van der Waals surface area contributed by atoms with Gasteiger partial charge in [-0.15, -0.1) is 0 Å². The lowest BCUT2D eigenvalue weighted by Gasteiger charge is -2.13. The molecule has 0 aliphatic carbocycles. The van der Waals surface area contributed by atoms with Crippen LogP contribution in [0.5, 0.6) is 11.5 Å². The van der Waals surface area contributed by atoms with E-state index in [9.17, 15) is 0 Å². The maximum Gasteiger partial charge on any atom is 0.191 e. The fourth-order valence-corrected chi connectivity index (χ4v) is 2.69. The van der Waals surface area contributed by atoms with Crippen LogP contribution in [0.4, 0.5) is 0 Å². The molecule has 1 heterocycles. The minimum atomic E-state index is 0.547. The molecule has 0 saturated carbocycles. The Hall–Kier alpha value is -3.41. The largest absolute Gasteiger partial charge is 0.497 e. The summed E-state index contributed by atoms with van der Waals surface area (Å²) in [5.41, 5.74) is 1.11. The van der Waals surface area contributed by atoms with Crippen molar-refractivity contribution in [3.8, 4) is 11.5 Å². The zero-order valence-electron chi connectivity index (χ0n) is 16.6. The Bertz CT molecular complexity index is 847. The topological polar surface area (TPSA) is 68.0 Å². The van der Waals surface area contributed by atoms with Gasteiger partial charge in [-0.25, -0.2) is 4.99 Å². The molecule has 0 saturated heterocycles. The van der Waals surface area contributed by atoms with E-state index in [1.165, 1.54) is 0 Å². The number of hydrogen-bond donors (Lipinski definition) is 2. The first-order valence-electron chi connectivity index (χ1n) is 9.69. The van der Waals surface area contributed by atoms with Crippen LogP contribution in [-0.2, 0) is 13.0 Å². The molecule has 2 N–H and O–H groups in total. The van der Waals surface area contributed by atoms with Gasteiger partial charge in [-0.1, -0.05) is 30.3 Å². The molecule has 0 aliphatic heterocycles. The third kappa shape index (κ3) is 7.25. The Labute approximate surface area is 171 Å². The molecular formula is C23H27N3O3. The average Bonchev–Trinajstić information content (AvgIpc) is 3.29. The van der Waals surface area contributed by atoms with Crippen molar-refractivity contribution in [3.63, 3.8) is 0 Å². The van der Waals surface area contributed by atoms with Gasteiger partial charge in [-0.05, 0) is 42.0 Å². The van der Waals surface area contributed by atoms with Gasteiger partial charge in [0.1, 0.15) is 23.9 Å². The highest BCUT2D eigenvalue weighted by atomic mass is 16.5. The number of hydrogen-bond acceptors (Lipinski definition) is 4. The highest BCUT2D eigenvalue weighted by Gasteiger charge is 2.02. The van der Waals surface area contributed by atoms with Crippen LogP contribution in [0.2, 0.25) is 0 Å². The molecule has 0 unspecified atom stereocenters. The van der Waals surface area contributed by atoms with E-state index >= 15 is 0 Å². The second-order valence-corrected chi connectivity index (χ2v) is 6.36. The summed E-state index contributed by atoms with van der Waals surface area (Å²) < 4.78 is 16.3. The van der Waals surface area contributed by atoms with Crippen molar-refractivity contribution < 1.29 is 13.9 Å². The quantitative estimate of drug-likeness (QED) is 0.313. The lowest BCUT2D eigenvalue weighted by atomic mass is 10.2. The molecule has 3 rings (SSSR count). The van der Waals surface area contributed by atoms with E-state index in [1.807, 2.05) is 66.7 Å². The van der Waals surface area contributed by atoms with Crippen molar-refractivity contribution in [2.75, 3.05) is 26.8 Å². The number of para-hydroxylation sites is 1. The van der Waals surface area contributed by atoms with E-state index in [4.69, 9.17) is 13.9 Å². The van der Waals surface area contributed by atoms with Crippen LogP contribution >= 0.6 is 0 Å². The van der Waals surface area contributed by atoms with E-state index in [2.05, 4.69) is 15.6 Å². The molecule has 6 nitrogen and oxygen atoms in total. The molecule has 0 radical (unpaired) electrons. The summed E-state index contributed by atoms with van der Waals surface area (Å²) in [6.45, 7) is 2.48. The summed E-state index contributed by atoms with van der Waals surface area (Å²) in [7, 11) is 1.66. The molecule has 0 bridgehead atoms. The number of aliphatic imine (C=N–C) groups is 1. The Morgan fingerprint density at radius 3 is 2.41 bits per heavy atom. The van der Waals surface area contributed by atoms with Gasteiger partial charge in [0.05, 0.1) is 26.5 Å². The van der Waals surface area contributed by atoms with Gasteiger partial charge in [0.15, 0.2) is 5.96 Å². The van der Waals surface area contributed by atoms with Crippen molar-refractivity contribution in [2.24, 2.45) is 4.99 Å². The molecule has 0 amide bonds. The Kier molecular flexibility index (Phi) is 8.02. The fraction of sp³-hybridized carbons (Fsp3) is 0.261. The molecule has 0 atom stereocenters. The molecule has 0 fully saturated rings. The normalized spacial score (nSPS) is 11.1. The molecule has 6 heteroatoms. The molecule has 3 aromatic rings. The summed E-state index contributed by atoms with van der Waals surface area (Å²) in [4.78, 5) is 4.68. The van der Waals surface area contributed by atoms with Crippen molar-refractivity contribution in [1.82, 2.24) is 10.6 Å². The van der Waals surface area contributed by atoms with E-state index in [0.29, 0.717) is 19.7 Å². The lowest BCUT2D eigenvalue weighted by Crippen LogP contribution is -2.40. The second kappa shape index (κ2) is 11.4. The highest BCUT2D eigenvalue weighted by molar-refractivity contribution is 5.79. The monoisotopic (exact) mass is 393 g/mol. The number of nitrogens with one attached hydrogen (secondary N) is 2. The van der Waals surface area contributed by atoms with Gasteiger partial charge in [-0.2, -0.15) is 0 Å². The van der Waals surface area contributed by atoms with E-state index in [-0.39, 0.29) is 0 Å². The maximum absolute atomic E-state index is 5.73. The van der Waals surface area contributed by atoms with Gasteiger partial charge in [0.25, 0.3) is 0 Å². The number of nitrogens with zero attached hydrogens (tertiary/aromatic N) is 1. The van der Waals surface area contributed by atoms with Gasteiger partial charge >= 0.3 is 0 Å². The van der Waals surface area contributed by atoms with Gasteiger partial charge in [0, 0.05) is 13.0 Å². The number of rotatable bonds is 10. The standard InChI is InChI=1S/C23H27N3O3/c1-27-20-11-9-19(10-12-20)18-26-23(24-14-13-22-8-5-16-28-22)25-15-17-29-21-6-3-2-4-7-21/h2-12,16H,13-15,17-18H2,1H3,(H2,24,25,26). The zero-order valence-corrected chi connectivity index (χ0v) is 16.6. The molecule has 29 heavy (non-hydrogen) atoms. The van der Waals surface area contributed by atoms with Crippen molar-refractivity contribution >= 4 is 5.96 Å². The first-order chi connectivity index (χ1) is 14.3. The van der Waals surface area contributed by atoms with Crippen LogP contribution in [-0.4, -0.2) is 32.8 Å². The number of benzene rings is 2. The SMILES string of the molecule is COc1ccc(CN=C(NCCOc2ccccc2)NCCc2ccco2)cc1. The lowest BCUT2D eigenvalue weighted by molar-refractivity contribution is 0.322. The second-order valence-electron chi connectivity index (χ2n) is 6.36. The molecule has 1 aromatic heterocycles. The summed E-state index contributed by atoms with van der Waals surface area (Å²) in [6.07, 6.45) is 2.48. The fourth-order valence-electron chi connectivity index (χ4n) is 2.69.